The predicted molar refractivity (Wildman–Crippen MR) is 124 cm³/mol. The van der Waals surface area contributed by atoms with Crippen LogP contribution >= 0.6 is 0 Å². The Balaban J connectivity index is 1.52. The number of benzene rings is 3. The topological polar surface area (TPSA) is 84.9 Å². The van der Waals surface area contributed by atoms with Crippen molar-refractivity contribution in [3.63, 3.8) is 0 Å². The Morgan fingerprint density at radius 3 is 2.24 bits per heavy atom. The first-order valence-corrected chi connectivity index (χ1v) is 10.4. The minimum Gasteiger partial charge on any atom is -0.490 e. The lowest BCUT2D eigenvalue weighted by molar-refractivity contribution is -0.122. The Bertz CT molecular complexity index is 1200. The van der Waals surface area contributed by atoms with Gasteiger partial charge in [0.2, 0.25) is 0 Å². The van der Waals surface area contributed by atoms with Gasteiger partial charge in [-0.05, 0) is 43.3 Å². The monoisotopic (exact) mass is 442 g/mol. The molecular formula is C26H22N2O5. The maximum absolute atomic E-state index is 13.1. The zero-order chi connectivity index (χ0) is 23.2. The number of carbonyl (C=O) groups excluding carboxylic acids is 3. The van der Waals surface area contributed by atoms with Gasteiger partial charge >= 0.3 is 6.03 Å². The number of carbonyl (C=O) groups is 3. The molecule has 1 aliphatic heterocycles. The van der Waals surface area contributed by atoms with Crippen molar-refractivity contribution in [2.75, 3.05) is 18.1 Å². The molecule has 0 aromatic heterocycles. The van der Waals surface area contributed by atoms with E-state index in [1.165, 1.54) is 6.08 Å². The van der Waals surface area contributed by atoms with E-state index < -0.39 is 17.8 Å². The molecule has 0 saturated carbocycles. The molecule has 0 bridgehead atoms. The van der Waals surface area contributed by atoms with Crippen LogP contribution < -0.4 is 19.7 Å². The number of aryl methyl sites for hydroxylation is 1. The van der Waals surface area contributed by atoms with Crippen molar-refractivity contribution in [1.29, 1.82) is 0 Å². The zero-order valence-electron chi connectivity index (χ0n) is 18.0. The number of nitrogens with zero attached hydrogens (tertiary/aromatic N) is 1. The van der Waals surface area contributed by atoms with Gasteiger partial charge in [0.15, 0.2) is 0 Å². The fourth-order valence-electron chi connectivity index (χ4n) is 3.30. The van der Waals surface area contributed by atoms with Crippen molar-refractivity contribution < 1.29 is 23.9 Å². The third-order valence-corrected chi connectivity index (χ3v) is 4.97. The number of hydrogen-bond acceptors (Lipinski definition) is 5. The lowest BCUT2D eigenvalue weighted by Gasteiger charge is -2.26. The van der Waals surface area contributed by atoms with Crippen molar-refractivity contribution in [2.45, 2.75) is 6.92 Å². The van der Waals surface area contributed by atoms with E-state index in [4.69, 9.17) is 9.47 Å². The Morgan fingerprint density at radius 1 is 0.818 bits per heavy atom. The highest BCUT2D eigenvalue weighted by Gasteiger charge is 2.36. The highest BCUT2D eigenvalue weighted by Crippen LogP contribution is 2.25. The maximum Gasteiger partial charge on any atom is 0.335 e. The van der Waals surface area contributed by atoms with Crippen LogP contribution in [-0.2, 0) is 9.59 Å². The van der Waals surface area contributed by atoms with E-state index in [2.05, 4.69) is 5.32 Å². The molecule has 33 heavy (non-hydrogen) atoms. The van der Waals surface area contributed by atoms with Crippen molar-refractivity contribution in [3.8, 4) is 11.5 Å². The molecule has 3 aromatic rings. The van der Waals surface area contributed by atoms with Crippen LogP contribution in [0.25, 0.3) is 6.08 Å². The number of rotatable bonds is 7. The van der Waals surface area contributed by atoms with Crippen molar-refractivity contribution in [1.82, 2.24) is 5.32 Å². The summed E-state index contributed by atoms with van der Waals surface area (Å²) in [5.74, 6) is -0.228. The molecule has 1 aliphatic rings. The van der Waals surface area contributed by atoms with Crippen LogP contribution in [0.15, 0.2) is 84.4 Å². The average Bonchev–Trinajstić information content (AvgIpc) is 2.82. The van der Waals surface area contributed by atoms with Gasteiger partial charge in [-0.2, -0.15) is 0 Å². The van der Waals surface area contributed by atoms with Gasteiger partial charge in [-0.25, -0.2) is 9.69 Å². The number of ether oxygens (including phenoxy) is 2. The molecule has 166 valence electrons. The van der Waals surface area contributed by atoms with Gasteiger partial charge in [0.05, 0.1) is 5.69 Å². The van der Waals surface area contributed by atoms with E-state index in [0.717, 1.165) is 16.2 Å². The molecule has 1 fully saturated rings. The van der Waals surface area contributed by atoms with Gasteiger partial charge in [0, 0.05) is 5.56 Å². The van der Waals surface area contributed by atoms with Gasteiger partial charge in [-0.3, -0.25) is 14.9 Å². The van der Waals surface area contributed by atoms with E-state index in [1.54, 1.807) is 48.5 Å². The average molecular weight is 442 g/mol. The Labute approximate surface area is 191 Å². The first-order chi connectivity index (χ1) is 16.0. The molecule has 0 unspecified atom stereocenters. The summed E-state index contributed by atoms with van der Waals surface area (Å²) >= 11 is 0. The summed E-state index contributed by atoms with van der Waals surface area (Å²) in [6.45, 7) is 2.49. The quantitative estimate of drug-likeness (QED) is 0.338. The van der Waals surface area contributed by atoms with Crippen LogP contribution in [0.3, 0.4) is 0 Å². The van der Waals surface area contributed by atoms with Crippen LogP contribution in [0.4, 0.5) is 10.5 Å². The fraction of sp³-hybridized carbons (Fsp3) is 0.115. The minimum absolute atomic E-state index is 0.160. The number of nitrogens with one attached hydrogen (secondary N) is 1. The Morgan fingerprint density at radius 2 is 1.48 bits per heavy atom. The number of imide groups is 2. The summed E-state index contributed by atoms with van der Waals surface area (Å²) in [4.78, 5) is 38.9. The van der Waals surface area contributed by atoms with E-state index >= 15 is 0 Å². The van der Waals surface area contributed by atoms with Gasteiger partial charge in [-0.15, -0.1) is 0 Å². The normalized spacial score (nSPS) is 14.9. The largest absolute Gasteiger partial charge is 0.490 e. The highest BCUT2D eigenvalue weighted by atomic mass is 16.5. The fourth-order valence-corrected chi connectivity index (χ4v) is 3.30. The highest BCUT2D eigenvalue weighted by molar-refractivity contribution is 6.39. The Hall–Kier alpha value is -4.39. The van der Waals surface area contributed by atoms with Crippen LogP contribution in [0.2, 0.25) is 0 Å². The third kappa shape index (κ3) is 5.10. The molecule has 0 spiro atoms. The third-order valence-electron chi connectivity index (χ3n) is 4.97. The summed E-state index contributed by atoms with van der Waals surface area (Å²) in [5, 5.41) is 2.23. The minimum atomic E-state index is -0.784. The second-order valence-electron chi connectivity index (χ2n) is 7.34. The van der Waals surface area contributed by atoms with Crippen LogP contribution in [-0.4, -0.2) is 31.1 Å². The molecule has 3 aromatic carbocycles. The summed E-state index contributed by atoms with van der Waals surface area (Å²) in [5.41, 5.74) is 1.74. The summed E-state index contributed by atoms with van der Waals surface area (Å²) in [6, 6.07) is 22.5. The molecule has 4 amide bonds. The van der Waals surface area contributed by atoms with Gasteiger partial charge in [0.25, 0.3) is 11.8 Å². The van der Waals surface area contributed by atoms with E-state index in [-0.39, 0.29) is 12.2 Å². The lowest BCUT2D eigenvalue weighted by Crippen LogP contribution is -2.54. The molecule has 1 heterocycles. The molecule has 1 saturated heterocycles. The first-order valence-electron chi connectivity index (χ1n) is 10.4. The molecular weight excluding hydrogens is 420 g/mol. The smallest absolute Gasteiger partial charge is 0.335 e. The van der Waals surface area contributed by atoms with Gasteiger partial charge in [-0.1, -0.05) is 54.1 Å². The number of hydrogen-bond donors (Lipinski definition) is 1. The molecule has 7 nitrogen and oxygen atoms in total. The second-order valence-corrected chi connectivity index (χ2v) is 7.34. The predicted octanol–water partition coefficient (Wildman–Crippen LogP) is 4.12. The maximum atomic E-state index is 13.1. The van der Waals surface area contributed by atoms with E-state index in [9.17, 15) is 14.4 Å². The standard InChI is InChI=1S/C26H22N2O5/c1-18-11-13-20(14-12-18)28-25(30)22(24(29)27-26(28)31)17-19-7-5-6-10-23(19)33-16-15-32-21-8-3-2-4-9-21/h2-14,17H,15-16H2,1H3,(H,27,29,31). The van der Waals surface area contributed by atoms with Crippen molar-refractivity contribution in [3.05, 3.63) is 95.6 Å². The van der Waals surface area contributed by atoms with Gasteiger partial charge in [0.1, 0.15) is 30.3 Å². The Kier molecular flexibility index (Phi) is 6.50. The van der Waals surface area contributed by atoms with E-state index in [1.807, 2.05) is 37.3 Å². The molecule has 1 N–H and O–H groups in total. The molecule has 0 atom stereocenters. The number of urea groups is 1. The summed E-state index contributed by atoms with van der Waals surface area (Å²) in [7, 11) is 0. The second kappa shape index (κ2) is 9.82. The van der Waals surface area contributed by atoms with E-state index in [0.29, 0.717) is 23.6 Å². The number of barbiturate groups is 1. The molecule has 7 heteroatoms. The number of anilines is 1. The van der Waals surface area contributed by atoms with Crippen molar-refractivity contribution in [2.24, 2.45) is 0 Å². The summed E-state index contributed by atoms with van der Waals surface area (Å²) in [6.07, 6.45) is 1.43. The number of amides is 4. The first kappa shape index (κ1) is 21.8. The van der Waals surface area contributed by atoms with Crippen LogP contribution in [0, 0.1) is 6.92 Å². The number of para-hydroxylation sites is 2. The molecule has 0 radical (unpaired) electrons. The SMILES string of the molecule is Cc1ccc(N2C(=O)NC(=O)C(=Cc3ccccc3OCCOc3ccccc3)C2=O)cc1. The zero-order valence-corrected chi connectivity index (χ0v) is 18.0. The molecule has 4 rings (SSSR count). The lowest BCUT2D eigenvalue weighted by atomic mass is 10.1. The van der Waals surface area contributed by atoms with Crippen LogP contribution in [0.1, 0.15) is 11.1 Å². The molecule has 0 aliphatic carbocycles. The van der Waals surface area contributed by atoms with Gasteiger partial charge < -0.3 is 9.47 Å². The van der Waals surface area contributed by atoms with Crippen LogP contribution in [0.5, 0.6) is 11.5 Å². The summed E-state index contributed by atoms with van der Waals surface area (Å²) < 4.78 is 11.5. The van der Waals surface area contributed by atoms with Crippen molar-refractivity contribution >= 4 is 29.6 Å².